The van der Waals surface area contributed by atoms with E-state index in [-0.39, 0.29) is 13.2 Å². The molecule has 1 atom stereocenters. The van der Waals surface area contributed by atoms with E-state index in [1.807, 2.05) is 97.1 Å². The second-order valence-corrected chi connectivity index (χ2v) is 9.09. The lowest BCUT2D eigenvalue weighted by Crippen LogP contribution is -2.07. The van der Waals surface area contributed by atoms with Crippen LogP contribution < -0.4 is 0 Å². The average molecular weight is 418 g/mol. The van der Waals surface area contributed by atoms with E-state index >= 15 is 0 Å². The first kappa shape index (κ1) is 20.5. The van der Waals surface area contributed by atoms with Crippen molar-refractivity contribution in [2.75, 3.05) is 0 Å². The van der Waals surface area contributed by atoms with E-state index in [2.05, 4.69) is 0 Å². The maximum atomic E-state index is 13.8. The van der Waals surface area contributed by atoms with Gasteiger partial charge in [0, 0.05) is 5.56 Å². The Labute approximate surface area is 176 Å². The minimum atomic E-state index is -3.91. The quantitative estimate of drug-likeness (QED) is 0.334. The fraction of sp³-hybridized carbons (Fsp3) is 0.120. The molecule has 0 fully saturated rings. The highest BCUT2D eigenvalue weighted by atomic mass is 31.2. The van der Waals surface area contributed by atoms with Crippen LogP contribution in [0.2, 0.25) is 0 Å². The Kier molecular flexibility index (Phi) is 6.41. The molecule has 0 bridgehead atoms. The fourth-order valence-corrected chi connectivity index (χ4v) is 4.88. The van der Waals surface area contributed by atoms with Gasteiger partial charge in [0.15, 0.2) is 5.85 Å². The number of fused-ring (bicyclic) bond motifs is 1. The lowest BCUT2D eigenvalue weighted by atomic mass is 10.1. The smallest absolute Gasteiger partial charge is 0.364 e. The molecule has 1 unspecified atom stereocenters. The molecule has 30 heavy (non-hydrogen) atoms. The predicted octanol–water partition coefficient (Wildman–Crippen LogP) is 6.46. The van der Waals surface area contributed by atoms with E-state index in [1.54, 1.807) is 6.07 Å². The highest BCUT2D eigenvalue weighted by Crippen LogP contribution is 2.61. The summed E-state index contributed by atoms with van der Waals surface area (Å²) in [5.41, 5.74) is 2.23. The standard InChI is InChI=1S/C25H23O4P/c26-25(24-17-9-15-22-14-7-8-16-23(22)24)30(27,28-18-20-10-3-1-4-11-20)29-19-21-12-5-2-6-13-21/h1-17,25-26H,18-19H2. The molecule has 0 aliphatic rings. The largest absolute Gasteiger partial charge is 0.376 e. The van der Waals surface area contributed by atoms with Gasteiger partial charge in [0.05, 0.1) is 13.2 Å². The normalized spacial score (nSPS) is 12.7. The first-order valence-corrected chi connectivity index (χ1v) is 11.4. The van der Waals surface area contributed by atoms with Crippen LogP contribution in [0.4, 0.5) is 0 Å². The van der Waals surface area contributed by atoms with Crippen LogP contribution >= 0.6 is 7.60 Å². The Morgan fingerprint density at radius 3 is 1.77 bits per heavy atom. The molecule has 0 amide bonds. The minimum absolute atomic E-state index is 0.0781. The number of aliphatic hydroxyl groups excluding tert-OH is 1. The van der Waals surface area contributed by atoms with Crippen molar-refractivity contribution >= 4 is 18.4 Å². The first-order valence-electron chi connectivity index (χ1n) is 9.78. The zero-order valence-electron chi connectivity index (χ0n) is 16.4. The molecule has 4 rings (SSSR count). The van der Waals surface area contributed by atoms with E-state index in [0.29, 0.717) is 5.56 Å². The SMILES string of the molecule is O=P(OCc1ccccc1)(OCc1ccccc1)C(O)c1cccc2ccccc12. The summed E-state index contributed by atoms with van der Waals surface area (Å²) in [6, 6.07) is 32.1. The minimum Gasteiger partial charge on any atom is -0.376 e. The third-order valence-corrected chi connectivity index (χ3v) is 6.76. The lowest BCUT2D eigenvalue weighted by Gasteiger charge is -2.24. The summed E-state index contributed by atoms with van der Waals surface area (Å²) < 4.78 is 25.4. The molecule has 1 N–H and O–H groups in total. The molecule has 0 heterocycles. The summed E-state index contributed by atoms with van der Waals surface area (Å²) in [5, 5.41) is 12.9. The second kappa shape index (κ2) is 9.38. The second-order valence-electron chi connectivity index (χ2n) is 7.00. The van der Waals surface area contributed by atoms with E-state index in [1.165, 1.54) is 0 Å². The summed E-state index contributed by atoms with van der Waals surface area (Å²) in [5.74, 6) is -1.41. The number of hydrogen-bond donors (Lipinski definition) is 1. The molecule has 4 aromatic rings. The highest BCUT2D eigenvalue weighted by molar-refractivity contribution is 7.54. The van der Waals surface area contributed by atoms with Gasteiger partial charge in [-0.1, -0.05) is 103 Å². The van der Waals surface area contributed by atoms with Crippen LogP contribution in [0.15, 0.2) is 103 Å². The molecular weight excluding hydrogens is 395 g/mol. The van der Waals surface area contributed by atoms with Gasteiger partial charge in [-0.3, -0.25) is 4.57 Å². The van der Waals surface area contributed by atoms with Crippen molar-refractivity contribution < 1.29 is 18.7 Å². The van der Waals surface area contributed by atoms with Crippen LogP contribution in [0.3, 0.4) is 0 Å². The average Bonchev–Trinajstić information content (AvgIpc) is 2.82. The monoisotopic (exact) mass is 418 g/mol. The Morgan fingerprint density at radius 1 is 0.667 bits per heavy atom. The summed E-state index contributed by atoms with van der Waals surface area (Å²) in [6.45, 7) is 0.156. The molecule has 0 radical (unpaired) electrons. The number of aliphatic hydroxyl groups is 1. The van der Waals surface area contributed by atoms with Crippen molar-refractivity contribution in [3.63, 3.8) is 0 Å². The van der Waals surface area contributed by atoms with Gasteiger partial charge >= 0.3 is 7.60 Å². The molecule has 0 saturated heterocycles. The van der Waals surface area contributed by atoms with Crippen LogP contribution in [-0.2, 0) is 26.8 Å². The van der Waals surface area contributed by atoms with Crippen LogP contribution in [0, 0.1) is 0 Å². The number of benzene rings is 4. The fourth-order valence-electron chi connectivity index (χ4n) is 3.30. The van der Waals surface area contributed by atoms with Gasteiger partial charge in [-0.25, -0.2) is 0 Å². The van der Waals surface area contributed by atoms with Gasteiger partial charge in [0.1, 0.15) is 0 Å². The molecule has 0 aliphatic carbocycles. The lowest BCUT2D eigenvalue weighted by molar-refractivity contribution is 0.133. The van der Waals surface area contributed by atoms with Crippen molar-refractivity contribution in [3.8, 4) is 0 Å². The number of hydrogen-bond acceptors (Lipinski definition) is 4. The molecule has 152 valence electrons. The van der Waals surface area contributed by atoms with Gasteiger partial charge in [0.2, 0.25) is 0 Å². The topological polar surface area (TPSA) is 55.8 Å². The highest BCUT2D eigenvalue weighted by Gasteiger charge is 2.37. The summed E-state index contributed by atoms with van der Waals surface area (Å²) in [6.07, 6.45) is 0. The molecule has 5 heteroatoms. The van der Waals surface area contributed by atoms with Gasteiger partial charge < -0.3 is 14.2 Å². The van der Waals surface area contributed by atoms with Crippen molar-refractivity contribution in [1.29, 1.82) is 0 Å². The van der Waals surface area contributed by atoms with E-state index < -0.39 is 13.4 Å². The zero-order chi connectivity index (χ0) is 20.8. The van der Waals surface area contributed by atoms with Gasteiger partial charge in [-0.05, 0) is 21.9 Å². The third-order valence-electron chi connectivity index (χ3n) is 4.91. The Bertz CT molecular complexity index is 1090. The van der Waals surface area contributed by atoms with Crippen LogP contribution in [-0.4, -0.2) is 5.11 Å². The van der Waals surface area contributed by atoms with Gasteiger partial charge in [0.25, 0.3) is 0 Å². The maximum Gasteiger partial charge on any atom is 0.364 e. The van der Waals surface area contributed by atoms with Crippen molar-refractivity contribution in [3.05, 3.63) is 120 Å². The molecule has 0 spiro atoms. The Balaban J connectivity index is 1.65. The first-order chi connectivity index (χ1) is 14.7. The van der Waals surface area contributed by atoms with Crippen molar-refractivity contribution in [1.82, 2.24) is 0 Å². The predicted molar refractivity (Wildman–Crippen MR) is 119 cm³/mol. The Morgan fingerprint density at radius 2 is 1.17 bits per heavy atom. The molecule has 4 aromatic carbocycles. The molecule has 4 nitrogen and oxygen atoms in total. The van der Waals surface area contributed by atoms with Crippen molar-refractivity contribution in [2.45, 2.75) is 19.1 Å². The zero-order valence-corrected chi connectivity index (χ0v) is 17.3. The number of rotatable bonds is 8. The maximum absolute atomic E-state index is 13.8. The summed E-state index contributed by atoms with van der Waals surface area (Å²) in [7, 11) is -3.91. The van der Waals surface area contributed by atoms with Gasteiger partial charge in [-0.2, -0.15) is 0 Å². The molecule has 0 saturated carbocycles. The summed E-state index contributed by atoms with van der Waals surface area (Å²) in [4.78, 5) is 0. The van der Waals surface area contributed by atoms with Crippen LogP contribution in [0.25, 0.3) is 10.8 Å². The van der Waals surface area contributed by atoms with Gasteiger partial charge in [-0.15, -0.1) is 0 Å². The van der Waals surface area contributed by atoms with E-state index in [0.717, 1.165) is 21.9 Å². The Hall–Kier alpha value is -2.75. The third kappa shape index (κ3) is 4.69. The molecular formula is C25H23O4P. The van der Waals surface area contributed by atoms with E-state index in [4.69, 9.17) is 9.05 Å². The molecule has 0 aromatic heterocycles. The van der Waals surface area contributed by atoms with Crippen LogP contribution in [0.1, 0.15) is 22.5 Å². The van der Waals surface area contributed by atoms with Crippen molar-refractivity contribution in [2.24, 2.45) is 0 Å². The van der Waals surface area contributed by atoms with E-state index in [9.17, 15) is 9.67 Å². The summed E-state index contributed by atoms with van der Waals surface area (Å²) >= 11 is 0. The van der Waals surface area contributed by atoms with Crippen LogP contribution in [0.5, 0.6) is 0 Å². The molecule has 0 aliphatic heterocycles.